The molecule has 1 amide bonds. The van der Waals surface area contributed by atoms with E-state index >= 15 is 0 Å². The maximum atomic E-state index is 12.5. The van der Waals surface area contributed by atoms with Gasteiger partial charge in [-0.2, -0.15) is 0 Å². The second kappa shape index (κ2) is 8.53. The van der Waals surface area contributed by atoms with E-state index in [9.17, 15) is 4.79 Å². The Labute approximate surface area is 209 Å². The molecule has 4 aliphatic rings. The summed E-state index contributed by atoms with van der Waals surface area (Å²) in [5.74, 6) is 1.51. The van der Waals surface area contributed by atoms with Gasteiger partial charge in [0.25, 0.3) is 5.91 Å². The topological polar surface area (TPSA) is 88.6 Å². The molecule has 0 atom stereocenters. The molecule has 2 N–H and O–H groups in total. The van der Waals surface area contributed by atoms with Crippen molar-refractivity contribution in [1.82, 2.24) is 15.3 Å². The molecule has 1 aliphatic heterocycles. The molecular formula is C26H28ClN5O3. The Kier molecular flexibility index (Phi) is 5.45. The van der Waals surface area contributed by atoms with Crippen LogP contribution in [0.25, 0.3) is 10.9 Å². The van der Waals surface area contributed by atoms with E-state index in [-0.39, 0.29) is 23.6 Å². The van der Waals surface area contributed by atoms with Crippen LogP contribution in [-0.2, 0) is 9.53 Å². The van der Waals surface area contributed by atoms with Crippen LogP contribution in [0, 0.1) is 6.92 Å². The summed E-state index contributed by atoms with van der Waals surface area (Å²) in [4.78, 5) is 23.8. The zero-order chi connectivity index (χ0) is 24.0. The number of morpholine rings is 1. The molecule has 2 aromatic carbocycles. The summed E-state index contributed by atoms with van der Waals surface area (Å²) in [5.41, 5.74) is 2.83. The van der Waals surface area contributed by atoms with Crippen LogP contribution >= 0.6 is 11.6 Å². The molecule has 35 heavy (non-hydrogen) atoms. The van der Waals surface area contributed by atoms with Crippen molar-refractivity contribution >= 4 is 39.9 Å². The zero-order valence-electron chi connectivity index (χ0n) is 19.6. The number of nitrogens with one attached hydrogen (secondary N) is 2. The van der Waals surface area contributed by atoms with Gasteiger partial charge in [0.2, 0.25) is 0 Å². The van der Waals surface area contributed by atoms with Crippen molar-refractivity contribution in [2.75, 3.05) is 43.1 Å². The molecule has 1 aromatic heterocycles. The van der Waals surface area contributed by atoms with Gasteiger partial charge in [-0.15, -0.1) is 0 Å². The average Bonchev–Trinajstić information content (AvgIpc) is 2.83. The van der Waals surface area contributed by atoms with Crippen molar-refractivity contribution in [1.29, 1.82) is 0 Å². The van der Waals surface area contributed by atoms with Gasteiger partial charge in [0.1, 0.15) is 17.9 Å². The van der Waals surface area contributed by atoms with Gasteiger partial charge in [0, 0.05) is 40.3 Å². The maximum Gasteiger partial charge on any atom is 0.258 e. The highest BCUT2D eigenvalue weighted by molar-refractivity contribution is 6.31. The summed E-state index contributed by atoms with van der Waals surface area (Å²) >= 11 is 6.05. The Balaban J connectivity index is 1.06. The SMILES string of the molecule is Cc1cc(OCC(=O)NC23CC(Nc4ccc5ncnc(N6CCOCC6)c5c4)(C2)C3)ccc1Cl. The van der Waals surface area contributed by atoms with Crippen LogP contribution in [0.2, 0.25) is 5.02 Å². The second-order valence-electron chi connectivity index (χ2n) is 9.99. The Morgan fingerprint density at radius 2 is 1.91 bits per heavy atom. The lowest BCUT2D eigenvalue weighted by Gasteiger charge is -2.70. The van der Waals surface area contributed by atoms with Crippen molar-refractivity contribution in [2.45, 2.75) is 37.3 Å². The fourth-order valence-electron chi connectivity index (χ4n) is 5.69. The van der Waals surface area contributed by atoms with Gasteiger partial charge in [-0.05, 0) is 68.1 Å². The molecule has 3 aliphatic carbocycles. The number of aryl methyl sites for hydroxylation is 1. The standard InChI is InChI=1S/C26H28ClN5O3/c1-17-10-19(3-4-21(17)27)35-12-23(33)31-26-13-25(14-26,15-26)30-18-2-5-22-20(11-18)24(29-16-28-22)32-6-8-34-9-7-32/h2-5,10-11,16,30H,6-9,12-15H2,1H3,(H,31,33). The molecule has 3 aromatic rings. The number of halogens is 1. The number of aromatic nitrogens is 2. The van der Waals surface area contributed by atoms with E-state index in [1.54, 1.807) is 18.5 Å². The highest BCUT2D eigenvalue weighted by atomic mass is 35.5. The van der Waals surface area contributed by atoms with Gasteiger partial charge in [0.15, 0.2) is 6.61 Å². The number of anilines is 2. The first-order chi connectivity index (χ1) is 16.9. The molecule has 2 heterocycles. The van der Waals surface area contributed by atoms with Crippen LogP contribution < -0.4 is 20.3 Å². The number of nitrogens with zero attached hydrogens (tertiary/aromatic N) is 3. The zero-order valence-corrected chi connectivity index (χ0v) is 20.4. The second-order valence-corrected chi connectivity index (χ2v) is 10.4. The molecule has 3 saturated carbocycles. The number of hydrogen-bond acceptors (Lipinski definition) is 7. The molecule has 8 nitrogen and oxygen atoms in total. The molecule has 7 rings (SSSR count). The molecular weight excluding hydrogens is 466 g/mol. The monoisotopic (exact) mass is 493 g/mol. The number of fused-ring (bicyclic) bond motifs is 1. The first kappa shape index (κ1) is 22.4. The summed E-state index contributed by atoms with van der Waals surface area (Å²) < 4.78 is 11.1. The fourth-order valence-corrected chi connectivity index (χ4v) is 5.81. The number of amides is 1. The summed E-state index contributed by atoms with van der Waals surface area (Å²) in [7, 11) is 0. The lowest BCUT2D eigenvalue weighted by Crippen LogP contribution is -2.81. The Hall–Kier alpha value is -3.10. The minimum atomic E-state index is -0.123. The Morgan fingerprint density at radius 1 is 1.11 bits per heavy atom. The van der Waals surface area contributed by atoms with E-state index in [0.717, 1.165) is 60.3 Å². The van der Waals surface area contributed by atoms with Gasteiger partial charge in [-0.3, -0.25) is 4.79 Å². The summed E-state index contributed by atoms with van der Waals surface area (Å²) in [5, 5.41) is 8.63. The smallest absolute Gasteiger partial charge is 0.258 e. The predicted octanol–water partition coefficient (Wildman–Crippen LogP) is 3.71. The quantitative estimate of drug-likeness (QED) is 0.518. The molecule has 4 fully saturated rings. The van der Waals surface area contributed by atoms with Gasteiger partial charge < -0.3 is 25.0 Å². The van der Waals surface area contributed by atoms with Crippen molar-refractivity contribution in [3.05, 3.63) is 53.3 Å². The summed E-state index contributed by atoms with van der Waals surface area (Å²) in [6, 6.07) is 11.7. The Bertz CT molecular complexity index is 1270. The van der Waals surface area contributed by atoms with E-state index in [4.69, 9.17) is 21.1 Å². The number of benzene rings is 2. The van der Waals surface area contributed by atoms with Crippen molar-refractivity contribution in [3.8, 4) is 5.75 Å². The third-order valence-corrected chi connectivity index (χ3v) is 7.69. The van der Waals surface area contributed by atoms with Crippen LogP contribution in [-0.4, -0.2) is 59.9 Å². The normalized spacial score (nSPS) is 24.9. The van der Waals surface area contributed by atoms with Gasteiger partial charge in [-0.25, -0.2) is 9.97 Å². The first-order valence-electron chi connectivity index (χ1n) is 12.0. The van der Waals surface area contributed by atoms with E-state index in [2.05, 4.69) is 37.6 Å². The van der Waals surface area contributed by atoms with E-state index in [0.29, 0.717) is 24.0 Å². The number of rotatable bonds is 7. The van der Waals surface area contributed by atoms with Gasteiger partial charge in [-0.1, -0.05) is 11.6 Å². The van der Waals surface area contributed by atoms with Crippen LogP contribution in [0.4, 0.5) is 11.5 Å². The average molecular weight is 494 g/mol. The molecule has 0 unspecified atom stereocenters. The van der Waals surface area contributed by atoms with E-state index < -0.39 is 0 Å². The molecule has 1 saturated heterocycles. The number of hydrogen-bond donors (Lipinski definition) is 2. The maximum absolute atomic E-state index is 12.5. The third kappa shape index (κ3) is 4.25. The van der Waals surface area contributed by atoms with Crippen molar-refractivity contribution < 1.29 is 14.3 Å². The fraction of sp³-hybridized carbons (Fsp3) is 0.423. The lowest BCUT2D eigenvalue weighted by molar-refractivity contribution is -0.135. The summed E-state index contributed by atoms with van der Waals surface area (Å²) in [6.07, 6.45) is 4.36. The number of carbonyl (C=O) groups excluding carboxylic acids is 1. The van der Waals surface area contributed by atoms with Gasteiger partial charge >= 0.3 is 0 Å². The molecule has 2 bridgehead atoms. The minimum Gasteiger partial charge on any atom is -0.484 e. The lowest BCUT2D eigenvalue weighted by atomic mass is 9.44. The van der Waals surface area contributed by atoms with Gasteiger partial charge in [0.05, 0.1) is 18.7 Å². The summed E-state index contributed by atoms with van der Waals surface area (Å²) in [6.45, 7) is 5.00. The van der Waals surface area contributed by atoms with E-state index in [1.165, 1.54) is 0 Å². The van der Waals surface area contributed by atoms with Crippen LogP contribution in [0.5, 0.6) is 5.75 Å². The molecule has 9 heteroatoms. The molecule has 0 radical (unpaired) electrons. The largest absolute Gasteiger partial charge is 0.484 e. The number of carbonyl (C=O) groups is 1. The van der Waals surface area contributed by atoms with Crippen LogP contribution in [0.1, 0.15) is 24.8 Å². The van der Waals surface area contributed by atoms with Crippen LogP contribution in [0.3, 0.4) is 0 Å². The predicted molar refractivity (Wildman–Crippen MR) is 135 cm³/mol. The highest BCUT2D eigenvalue weighted by Crippen LogP contribution is 2.61. The molecule has 182 valence electrons. The highest BCUT2D eigenvalue weighted by Gasteiger charge is 2.68. The van der Waals surface area contributed by atoms with Crippen molar-refractivity contribution in [2.24, 2.45) is 0 Å². The molecule has 0 spiro atoms. The first-order valence-corrected chi connectivity index (χ1v) is 12.4. The third-order valence-electron chi connectivity index (χ3n) is 7.27. The van der Waals surface area contributed by atoms with Crippen LogP contribution in [0.15, 0.2) is 42.7 Å². The number of ether oxygens (including phenoxy) is 2. The van der Waals surface area contributed by atoms with E-state index in [1.807, 2.05) is 19.1 Å². The Morgan fingerprint density at radius 3 is 2.69 bits per heavy atom. The van der Waals surface area contributed by atoms with Crippen molar-refractivity contribution in [3.63, 3.8) is 0 Å². The minimum absolute atomic E-state index is 0.00174.